The maximum absolute atomic E-state index is 10.8. The zero-order chi connectivity index (χ0) is 22.8. The van der Waals surface area contributed by atoms with E-state index in [-0.39, 0.29) is 11.5 Å². The maximum Gasteiger partial charge on any atom is 0.0594 e. The van der Waals surface area contributed by atoms with Gasteiger partial charge in [0.05, 0.1) is 6.10 Å². The molecule has 1 nitrogen and oxygen atoms in total. The lowest BCUT2D eigenvalue weighted by atomic mass is 9.35. The Balaban J connectivity index is 1.60. The summed E-state index contributed by atoms with van der Waals surface area (Å²) >= 11 is 0. The Labute approximate surface area is 193 Å². The molecule has 4 aliphatic rings. The topological polar surface area (TPSA) is 20.2 Å². The second-order valence-electron chi connectivity index (χ2n) is 14.1. The van der Waals surface area contributed by atoms with Crippen LogP contribution in [0.25, 0.3) is 0 Å². The fraction of sp³-hybridized carbons (Fsp3) is 0.933. The molecular formula is C30H52O. The van der Waals surface area contributed by atoms with Gasteiger partial charge in [-0.05, 0) is 122 Å². The van der Waals surface area contributed by atoms with Crippen LogP contribution in [0.2, 0.25) is 0 Å². The van der Waals surface area contributed by atoms with Crippen molar-refractivity contribution in [3.05, 3.63) is 11.6 Å². The van der Waals surface area contributed by atoms with Crippen molar-refractivity contribution in [2.75, 3.05) is 0 Å². The monoisotopic (exact) mass is 428 g/mol. The van der Waals surface area contributed by atoms with E-state index in [0.29, 0.717) is 22.2 Å². The number of allylic oxidation sites excluding steroid dienone is 2. The summed E-state index contributed by atoms with van der Waals surface area (Å²) in [6.07, 6.45) is 15.7. The van der Waals surface area contributed by atoms with E-state index in [0.717, 1.165) is 30.1 Å². The minimum atomic E-state index is -0.114. The molecule has 4 saturated carbocycles. The van der Waals surface area contributed by atoms with Crippen molar-refractivity contribution in [1.82, 2.24) is 0 Å². The summed E-state index contributed by atoms with van der Waals surface area (Å²) in [6, 6.07) is 0. The Morgan fingerprint density at radius 3 is 2.23 bits per heavy atom. The van der Waals surface area contributed by atoms with Gasteiger partial charge in [-0.1, -0.05) is 60.1 Å². The molecule has 178 valence electrons. The van der Waals surface area contributed by atoms with Crippen molar-refractivity contribution in [3.63, 3.8) is 0 Å². The van der Waals surface area contributed by atoms with Crippen LogP contribution in [-0.4, -0.2) is 11.2 Å². The largest absolute Gasteiger partial charge is 0.393 e. The quantitative estimate of drug-likeness (QED) is 0.445. The molecule has 1 N–H and O–H groups in total. The van der Waals surface area contributed by atoms with Crippen LogP contribution in [0.15, 0.2) is 11.6 Å². The lowest BCUT2D eigenvalue weighted by Crippen LogP contribution is -2.63. The lowest BCUT2D eigenvalue weighted by Gasteiger charge is -2.69. The molecule has 4 fully saturated rings. The summed E-state index contributed by atoms with van der Waals surface area (Å²) in [6.45, 7) is 19.9. The summed E-state index contributed by atoms with van der Waals surface area (Å²) in [5.74, 6) is 4.02. The van der Waals surface area contributed by atoms with Crippen LogP contribution in [0.1, 0.15) is 120 Å². The van der Waals surface area contributed by atoms with Gasteiger partial charge in [-0.2, -0.15) is 0 Å². The highest BCUT2D eigenvalue weighted by Crippen LogP contribution is 2.75. The Morgan fingerprint density at radius 2 is 1.55 bits per heavy atom. The van der Waals surface area contributed by atoms with Crippen LogP contribution in [0.4, 0.5) is 0 Å². The van der Waals surface area contributed by atoms with Gasteiger partial charge in [0.25, 0.3) is 0 Å². The van der Waals surface area contributed by atoms with Crippen molar-refractivity contribution in [2.45, 2.75) is 126 Å². The number of aliphatic hydroxyl groups excluding tert-OH is 1. The van der Waals surface area contributed by atoms with E-state index >= 15 is 0 Å². The van der Waals surface area contributed by atoms with Gasteiger partial charge in [0.15, 0.2) is 0 Å². The Bertz CT molecular complexity index is 703. The fourth-order valence-corrected chi connectivity index (χ4v) is 10.1. The van der Waals surface area contributed by atoms with Gasteiger partial charge in [-0.25, -0.2) is 0 Å². The van der Waals surface area contributed by atoms with Crippen molar-refractivity contribution >= 4 is 0 Å². The van der Waals surface area contributed by atoms with Crippen LogP contribution in [-0.2, 0) is 0 Å². The Hall–Kier alpha value is -0.300. The van der Waals surface area contributed by atoms with Crippen molar-refractivity contribution in [3.8, 4) is 0 Å². The number of aliphatic hydroxyl groups is 1. The van der Waals surface area contributed by atoms with Gasteiger partial charge in [-0.15, -0.1) is 0 Å². The molecular weight excluding hydrogens is 376 g/mol. The second kappa shape index (κ2) is 7.89. The third kappa shape index (κ3) is 3.41. The summed E-state index contributed by atoms with van der Waals surface area (Å²) in [7, 11) is 0. The van der Waals surface area contributed by atoms with E-state index in [1.807, 2.05) is 0 Å². The lowest BCUT2D eigenvalue weighted by molar-refractivity contribution is -0.220. The molecule has 0 bridgehead atoms. The van der Waals surface area contributed by atoms with Crippen molar-refractivity contribution in [2.24, 2.45) is 51.2 Å². The second-order valence-corrected chi connectivity index (χ2v) is 14.1. The maximum atomic E-state index is 10.8. The normalized spacial score (nSPS) is 49.5. The van der Waals surface area contributed by atoms with Gasteiger partial charge >= 0.3 is 0 Å². The predicted octanol–water partition coefficient (Wildman–Crippen LogP) is 8.41. The highest BCUT2D eigenvalue weighted by Gasteiger charge is 2.68. The highest BCUT2D eigenvalue weighted by molar-refractivity contribution is 5.20. The zero-order valence-corrected chi connectivity index (χ0v) is 22.1. The van der Waals surface area contributed by atoms with Crippen LogP contribution < -0.4 is 0 Å². The molecule has 31 heavy (non-hydrogen) atoms. The van der Waals surface area contributed by atoms with Gasteiger partial charge in [0.2, 0.25) is 0 Å². The molecule has 0 saturated heterocycles. The smallest absolute Gasteiger partial charge is 0.0594 e. The highest BCUT2D eigenvalue weighted by atomic mass is 16.3. The zero-order valence-electron chi connectivity index (χ0n) is 22.1. The first-order chi connectivity index (χ1) is 14.4. The Kier molecular flexibility index (Phi) is 6.07. The van der Waals surface area contributed by atoms with E-state index in [4.69, 9.17) is 0 Å². The van der Waals surface area contributed by atoms with E-state index < -0.39 is 0 Å². The Morgan fingerprint density at radius 1 is 0.871 bits per heavy atom. The fourth-order valence-electron chi connectivity index (χ4n) is 10.1. The summed E-state index contributed by atoms with van der Waals surface area (Å²) in [5, 5.41) is 10.8. The molecule has 0 aromatic carbocycles. The summed E-state index contributed by atoms with van der Waals surface area (Å²) < 4.78 is 0. The molecule has 0 unspecified atom stereocenters. The number of hydrogen-bond acceptors (Lipinski definition) is 1. The molecule has 0 radical (unpaired) electrons. The van der Waals surface area contributed by atoms with Gasteiger partial charge in [-0.3, -0.25) is 0 Å². The van der Waals surface area contributed by atoms with E-state index in [2.05, 4.69) is 61.5 Å². The minimum absolute atomic E-state index is 0.0695. The van der Waals surface area contributed by atoms with E-state index in [9.17, 15) is 5.11 Å². The number of rotatable bonds is 4. The summed E-state index contributed by atoms with van der Waals surface area (Å²) in [4.78, 5) is 0. The van der Waals surface area contributed by atoms with Gasteiger partial charge in [0.1, 0.15) is 0 Å². The third-order valence-electron chi connectivity index (χ3n) is 12.2. The first-order valence-electron chi connectivity index (χ1n) is 13.7. The van der Waals surface area contributed by atoms with Gasteiger partial charge < -0.3 is 5.11 Å². The molecule has 0 aliphatic heterocycles. The first kappa shape index (κ1) is 23.8. The standard InChI is InChI=1S/C30H52O/c1-20(2)10-9-11-21(3)22-14-18-29(7)23(22)12-13-25-28(6)17-16-26(31)27(4,5)24(28)15-19-30(25,29)8/h11,20,22-26,31H,9-10,12-19H2,1-8H3/b21-11+/t22-,23-,24+,25-,26+,28+,29-,30-/m1/s1. The van der Waals surface area contributed by atoms with Crippen molar-refractivity contribution < 1.29 is 5.11 Å². The van der Waals surface area contributed by atoms with Gasteiger partial charge in [0, 0.05) is 0 Å². The average Bonchev–Trinajstić information content (AvgIpc) is 3.03. The first-order valence-corrected chi connectivity index (χ1v) is 13.7. The molecule has 0 aromatic rings. The van der Waals surface area contributed by atoms with Crippen molar-refractivity contribution in [1.29, 1.82) is 0 Å². The van der Waals surface area contributed by atoms with E-state index in [1.54, 1.807) is 5.57 Å². The average molecular weight is 429 g/mol. The summed E-state index contributed by atoms with van der Waals surface area (Å²) in [5.41, 5.74) is 3.14. The molecule has 4 aliphatic carbocycles. The molecule has 0 aromatic heterocycles. The van der Waals surface area contributed by atoms with Crippen LogP contribution in [0, 0.1) is 51.2 Å². The van der Waals surface area contributed by atoms with Crippen LogP contribution in [0.5, 0.6) is 0 Å². The minimum Gasteiger partial charge on any atom is -0.393 e. The molecule has 8 atom stereocenters. The van der Waals surface area contributed by atoms with E-state index in [1.165, 1.54) is 57.8 Å². The number of hydrogen-bond donors (Lipinski definition) is 1. The van der Waals surface area contributed by atoms with Crippen LogP contribution >= 0.6 is 0 Å². The third-order valence-corrected chi connectivity index (χ3v) is 12.2. The molecule has 0 heterocycles. The SMILES string of the molecule is C/C(=C\CCC(C)C)[C@H]1CC[C@]2(C)[C@@H]1CC[C@@H]1[C@@]3(C)CC[C@H](O)C(C)(C)[C@@H]3CC[C@]12C. The molecule has 0 spiro atoms. The molecule has 1 heteroatoms. The van der Waals surface area contributed by atoms with Crippen LogP contribution in [0.3, 0.4) is 0 Å². The molecule has 4 rings (SSSR count). The molecule has 0 amide bonds. The number of fused-ring (bicyclic) bond motifs is 5. The predicted molar refractivity (Wildman–Crippen MR) is 133 cm³/mol.